The summed E-state index contributed by atoms with van der Waals surface area (Å²) in [6.07, 6.45) is 6.09. The Kier molecular flexibility index (Phi) is 4.49. The summed E-state index contributed by atoms with van der Waals surface area (Å²) in [5, 5.41) is 11.9. The van der Waals surface area contributed by atoms with Crippen molar-refractivity contribution in [3.05, 3.63) is 40.3 Å². The normalized spacial score (nSPS) is 16.7. The van der Waals surface area contributed by atoms with E-state index < -0.39 is 9.84 Å². The van der Waals surface area contributed by atoms with Crippen molar-refractivity contribution in [3.8, 4) is 5.75 Å². The van der Waals surface area contributed by atoms with Gasteiger partial charge in [-0.05, 0) is 37.1 Å². The fourth-order valence-corrected chi connectivity index (χ4v) is 5.38. The zero-order valence-corrected chi connectivity index (χ0v) is 13.9. The molecular weight excluding hydrogens is 318 g/mol. The molecule has 3 rings (SSSR count). The SMILES string of the molecule is O=S(=O)(Cc1nc(C2CCCCC2)cs1)c1ccc(O)cc1. The molecule has 0 radical (unpaired) electrons. The van der Waals surface area contributed by atoms with E-state index >= 15 is 0 Å². The summed E-state index contributed by atoms with van der Waals surface area (Å²) in [5.74, 6) is 0.484. The largest absolute Gasteiger partial charge is 0.508 e. The minimum Gasteiger partial charge on any atom is -0.508 e. The summed E-state index contributed by atoms with van der Waals surface area (Å²) in [6.45, 7) is 0. The molecule has 0 unspecified atom stereocenters. The summed E-state index contributed by atoms with van der Waals surface area (Å²) in [4.78, 5) is 4.77. The van der Waals surface area contributed by atoms with Crippen LogP contribution in [0, 0.1) is 0 Å². The summed E-state index contributed by atoms with van der Waals surface area (Å²) in [6, 6.07) is 5.64. The molecule has 0 atom stereocenters. The minimum atomic E-state index is -3.41. The Morgan fingerprint density at radius 1 is 1.14 bits per heavy atom. The van der Waals surface area contributed by atoms with Crippen LogP contribution in [0.2, 0.25) is 0 Å². The topological polar surface area (TPSA) is 67.3 Å². The number of rotatable bonds is 4. The predicted octanol–water partition coefficient (Wildman–Crippen LogP) is 3.87. The van der Waals surface area contributed by atoms with E-state index in [0.29, 0.717) is 10.9 Å². The Morgan fingerprint density at radius 3 is 2.50 bits per heavy atom. The Bertz CT molecular complexity index is 729. The van der Waals surface area contributed by atoms with E-state index in [1.54, 1.807) is 0 Å². The highest BCUT2D eigenvalue weighted by atomic mass is 32.2. The second kappa shape index (κ2) is 6.38. The maximum Gasteiger partial charge on any atom is 0.184 e. The molecule has 0 bridgehead atoms. The Balaban J connectivity index is 1.75. The predicted molar refractivity (Wildman–Crippen MR) is 86.9 cm³/mol. The summed E-state index contributed by atoms with van der Waals surface area (Å²) in [7, 11) is -3.41. The van der Waals surface area contributed by atoms with Crippen molar-refractivity contribution in [2.45, 2.75) is 48.7 Å². The van der Waals surface area contributed by atoms with Crippen LogP contribution in [0.15, 0.2) is 34.5 Å². The van der Waals surface area contributed by atoms with Gasteiger partial charge in [0, 0.05) is 11.3 Å². The summed E-state index contributed by atoms with van der Waals surface area (Å²) < 4.78 is 24.8. The van der Waals surface area contributed by atoms with Crippen LogP contribution < -0.4 is 0 Å². The van der Waals surface area contributed by atoms with Crippen LogP contribution in [0.25, 0.3) is 0 Å². The van der Waals surface area contributed by atoms with Gasteiger partial charge in [0.25, 0.3) is 0 Å². The fraction of sp³-hybridized carbons (Fsp3) is 0.438. The van der Waals surface area contributed by atoms with Crippen molar-refractivity contribution in [1.82, 2.24) is 4.98 Å². The van der Waals surface area contributed by atoms with Gasteiger partial charge in [0.1, 0.15) is 16.5 Å². The molecule has 1 N–H and O–H groups in total. The van der Waals surface area contributed by atoms with E-state index in [2.05, 4.69) is 4.98 Å². The Labute approximate surface area is 134 Å². The number of aromatic hydroxyl groups is 1. The number of thiazole rings is 1. The zero-order chi connectivity index (χ0) is 15.6. The number of sulfone groups is 1. The lowest BCUT2D eigenvalue weighted by atomic mass is 9.87. The molecule has 1 aromatic carbocycles. The van der Waals surface area contributed by atoms with Crippen LogP contribution in [0.3, 0.4) is 0 Å². The molecule has 1 fully saturated rings. The van der Waals surface area contributed by atoms with Gasteiger partial charge in [-0.25, -0.2) is 13.4 Å². The number of aromatic nitrogens is 1. The average Bonchev–Trinajstić information content (AvgIpc) is 2.96. The Morgan fingerprint density at radius 2 is 1.82 bits per heavy atom. The van der Waals surface area contributed by atoms with Crippen LogP contribution in [0.1, 0.15) is 48.7 Å². The second-order valence-electron chi connectivity index (χ2n) is 5.75. The van der Waals surface area contributed by atoms with Crippen molar-refractivity contribution in [2.75, 3.05) is 0 Å². The van der Waals surface area contributed by atoms with E-state index in [4.69, 9.17) is 0 Å². The Hall–Kier alpha value is -1.40. The smallest absolute Gasteiger partial charge is 0.184 e. The van der Waals surface area contributed by atoms with E-state index in [9.17, 15) is 13.5 Å². The van der Waals surface area contributed by atoms with E-state index in [1.807, 2.05) is 5.38 Å². The third kappa shape index (κ3) is 3.50. The van der Waals surface area contributed by atoms with Crippen LogP contribution in [-0.2, 0) is 15.6 Å². The highest BCUT2D eigenvalue weighted by molar-refractivity contribution is 7.90. The molecule has 0 saturated heterocycles. The van der Waals surface area contributed by atoms with Gasteiger partial charge in [-0.2, -0.15) is 0 Å². The monoisotopic (exact) mass is 337 g/mol. The lowest BCUT2D eigenvalue weighted by Gasteiger charge is -2.19. The number of benzene rings is 1. The number of phenols is 1. The average molecular weight is 337 g/mol. The van der Waals surface area contributed by atoms with Crippen molar-refractivity contribution in [1.29, 1.82) is 0 Å². The van der Waals surface area contributed by atoms with Crippen LogP contribution in [0.5, 0.6) is 5.75 Å². The molecule has 0 amide bonds. The first-order chi connectivity index (χ1) is 10.5. The van der Waals surface area contributed by atoms with Crippen molar-refractivity contribution in [3.63, 3.8) is 0 Å². The first kappa shape index (κ1) is 15.5. The first-order valence-corrected chi connectivity index (χ1v) is 10.0. The quantitative estimate of drug-likeness (QED) is 0.919. The first-order valence-electron chi connectivity index (χ1n) is 7.51. The number of phenolic OH excluding ortho intramolecular Hbond substituents is 1. The van der Waals surface area contributed by atoms with Gasteiger partial charge in [0.05, 0.1) is 10.6 Å². The third-order valence-corrected chi connectivity index (χ3v) is 6.80. The van der Waals surface area contributed by atoms with Crippen LogP contribution in [0.4, 0.5) is 0 Å². The molecule has 1 heterocycles. The summed E-state index contributed by atoms with van der Waals surface area (Å²) >= 11 is 1.43. The molecule has 1 aromatic heterocycles. The van der Waals surface area contributed by atoms with Gasteiger partial charge in [-0.3, -0.25) is 0 Å². The molecule has 118 valence electrons. The minimum absolute atomic E-state index is 0.0628. The highest BCUT2D eigenvalue weighted by Gasteiger charge is 2.21. The second-order valence-corrected chi connectivity index (χ2v) is 8.69. The number of hydrogen-bond donors (Lipinski definition) is 1. The standard InChI is InChI=1S/C16H19NO3S2/c18-13-6-8-14(9-7-13)22(19,20)11-16-17-15(10-21-16)12-4-2-1-3-5-12/h6-10,12,18H,1-5,11H2. The van der Waals surface area contributed by atoms with Crippen LogP contribution >= 0.6 is 11.3 Å². The molecule has 22 heavy (non-hydrogen) atoms. The molecule has 2 aromatic rings. The maximum absolute atomic E-state index is 12.4. The van der Waals surface area contributed by atoms with E-state index in [1.165, 1.54) is 54.9 Å². The van der Waals surface area contributed by atoms with Crippen molar-refractivity contribution in [2.24, 2.45) is 0 Å². The molecule has 1 saturated carbocycles. The summed E-state index contributed by atoms with van der Waals surface area (Å²) in [5.41, 5.74) is 1.06. The van der Waals surface area contributed by atoms with E-state index in [-0.39, 0.29) is 16.4 Å². The van der Waals surface area contributed by atoms with Gasteiger partial charge in [-0.15, -0.1) is 11.3 Å². The van der Waals surface area contributed by atoms with Gasteiger partial charge >= 0.3 is 0 Å². The third-order valence-electron chi connectivity index (χ3n) is 4.10. The fourth-order valence-electron chi connectivity index (χ4n) is 2.88. The van der Waals surface area contributed by atoms with Gasteiger partial charge in [-0.1, -0.05) is 19.3 Å². The van der Waals surface area contributed by atoms with Gasteiger partial charge < -0.3 is 5.11 Å². The molecule has 6 heteroatoms. The molecule has 4 nitrogen and oxygen atoms in total. The lowest BCUT2D eigenvalue weighted by molar-refractivity contribution is 0.437. The van der Waals surface area contributed by atoms with Crippen molar-refractivity contribution < 1.29 is 13.5 Å². The molecule has 0 aliphatic heterocycles. The van der Waals surface area contributed by atoms with Crippen molar-refractivity contribution >= 4 is 21.2 Å². The maximum atomic E-state index is 12.4. The van der Waals surface area contributed by atoms with Gasteiger partial charge in [0.2, 0.25) is 0 Å². The number of nitrogens with zero attached hydrogens (tertiary/aromatic N) is 1. The number of hydrogen-bond acceptors (Lipinski definition) is 5. The van der Waals surface area contributed by atoms with Gasteiger partial charge in [0.15, 0.2) is 9.84 Å². The molecular formula is C16H19NO3S2. The van der Waals surface area contributed by atoms with E-state index in [0.717, 1.165) is 18.5 Å². The highest BCUT2D eigenvalue weighted by Crippen LogP contribution is 2.33. The molecule has 1 aliphatic carbocycles. The molecule has 0 spiro atoms. The van der Waals surface area contributed by atoms with Crippen LogP contribution in [-0.4, -0.2) is 18.5 Å². The molecule has 1 aliphatic rings. The lowest BCUT2D eigenvalue weighted by Crippen LogP contribution is -2.07. The zero-order valence-electron chi connectivity index (χ0n) is 12.2.